The molecule has 1 heterocycles. The van der Waals surface area contributed by atoms with E-state index in [1.165, 1.54) is 11.3 Å². The van der Waals surface area contributed by atoms with Gasteiger partial charge in [-0.3, -0.25) is 4.79 Å². The highest BCUT2D eigenvalue weighted by atomic mass is 35.6. The second-order valence-electron chi connectivity index (χ2n) is 3.66. The molecule has 0 unspecified atom stereocenters. The zero-order valence-corrected chi connectivity index (χ0v) is 13.6. The van der Waals surface area contributed by atoms with Crippen molar-refractivity contribution in [2.45, 2.75) is 24.6 Å². The third-order valence-electron chi connectivity index (χ3n) is 2.35. The summed E-state index contributed by atoms with van der Waals surface area (Å²) >= 11 is 17.7. The van der Waals surface area contributed by atoms with E-state index in [-0.39, 0.29) is 6.61 Å². The average molecular weight is 345 g/mol. The largest absolute Gasteiger partial charge is 0.462 e. The number of nitrogens with one attached hydrogen (secondary N) is 1. The van der Waals surface area contributed by atoms with E-state index in [1.54, 1.807) is 13.8 Å². The number of carbonyl (C=O) groups excluding carboxylic acids is 2. The van der Waals surface area contributed by atoms with E-state index in [1.807, 2.05) is 6.92 Å². The normalized spacial score (nSPS) is 11.3. The number of anilines is 1. The van der Waals surface area contributed by atoms with Crippen molar-refractivity contribution in [2.24, 2.45) is 0 Å². The Hall–Kier alpha value is -0.490. The summed E-state index contributed by atoms with van der Waals surface area (Å²) in [7, 11) is 0. The molecule has 106 valence electrons. The summed E-state index contributed by atoms with van der Waals surface area (Å²) in [5.74, 6) is -1.33. The number of amides is 1. The van der Waals surface area contributed by atoms with Crippen LogP contribution < -0.4 is 5.32 Å². The van der Waals surface area contributed by atoms with E-state index in [4.69, 9.17) is 39.5 Å². The van der Waals surface area contributed by atoms with Gasteiger partial charge in [0.1, 0.15) is 5.00 Å². The molecule has 0 atom stereocenters. The minimum absolute atomic E-state index is 0.241. The predicted octanol–water partition coefficient (Wildman–Crippen LogP) is 3.85. The van der Waals surface area contributed by atoms with Crippen molar-refractivity contribution < 1.29 is 14.3 Å². The molecule has 1 amide bonds. The first-order valence-electron chi connectivity index (χ1n) is 5.33. The van der Waals surface area contributed by atoms with Gasteiger partial charge in [0, 0.05) is 4.88 Å². The quantitative estimate of drug-likeness (QED) is 0.669. The maximum atomic E-state index is 11.9. The first kappa shape index (κ1) is 16.6. The molecule has 0 fully saturated rings. The van der Waals surface area contributed by atoms with E-state index >= 15 is 0 Å². The fraction of sp³-hybridized carbons (Fsp3) is 0.455. The molecular weight excluding hydrogens is 333 g/mol. The van der Waals surface area contributed by atoms with Crippen molar-refractivity contribution in [1.82, 2.24) is 0 Å². The van der Waals surface area contributed by atoms with Gasteiger partial charge in [0.05, 0.1) is 12.2 Å². The first-order chi connectivity index (χ1) is 8.68. The zero-order chi connectivity index (χ0) is 14.8. The highest BCUT2D eigenvalue weighted by molar-refractivity contribution is 7.17. The van der Waals surface area contributed by atoms with Crippen LogP contribution in [-0.2, 0) is 9.53 Å². The monoisotopic (exact) mass is 343 g/mol. The molecule has 0 aliphatic rings. The molecular formula is C11H12Cl3NO3S. The first-order valence-corrected chi connectivity index (χ1v) is 7.28. The maximum Gasteiger partial charge on any atom is 0.341 e. The van der Waals surface area contributed by atoms with Crippen molar-refractivity contribution in [2.75, 3.05) is 11.9 Å². The Labute approximate surface area is 130 Å². The summed E-state index contributed by atoms with van der Waals surface area (Å²) in [6, 6.07) is 0. The highest BCUT2D eigenvalue weighted by Gasteiger charge is 2.32. The summed E-state index contributed by atoms with van der Waals surface area (Å²) in [6.07, 6.45) is 0. The van der Waals surface area contributed by atoms with Crippen LogP contribution in [-0.4, -0.2) is 22.3 Å². The molecule has 0 saturated heterocycles. The molecule has 0 aromatic carbocycles. The van der Waals surface area contributed by atoms with Crippen LogP contribution >= 0.6 is 46.1 Å². The van der Waals surface area contributed by atoms with E-state index in [2.05, 4.69) is 5.32 Å². The topological polar surface area (TPSA) is 55.4 Å². The van der Waals surface area contributed by atoms with Crippen molar-refractivity contribution >= 4 is 63.0 Å². The van der Waals surface area contributed by atoms with Gasteiger partial charge in [-0.1, -0.05) is 34.8 Å². The molecule has 0 bridgehead atoms. The van der Waals surface area contributed by atoms with E-state index in [0.29, 0.717) is 10.6 Å². The number of halogens is 3. The fourth-order valence-corrected chi connectivity index (χ4v) is 2.52. The van der Waals surface area contributed by atoms with E-state index in [9.17, 15) is 9.59 Å². The van der Waals surface area contributed by atoms with Crippen molar-refractivity contribution in [3.63, 3.8) is 0 Å². The number of alkyl halides is 3. The molecule has 1 aromatic heterocycles. The summed E-state index contributed by atoms with van der Waals surface area (Å²) in [6.45, 7) is 5.54. The summed E-state index contributed by atoms with van der Waals surface area (Å²) in [4.78, 5) is 24.4. The molecule has 0 spiro atoms. The van der Waals surface area contributed by atoms with Crippen molar-refractivity contribution in [3.05, 3.63) is 16.0 Å². The van der Waals surface area contributed by atoms with Crippen LogP contribution in [0, 0.1) is 13.8 Å². The number of hydrogen-bond acceptors (Lipinski definition) is 4. The Morgan fingerprint density at radius 2 is 1.89 bits per heavy atom. The van der Waals surface area contributed by atoms with Gasteiger partial charge in [-0.15, -0.1) is 11.3 Å². The number of thiophene rings is 1. The van der Waals surface area contributed by atoms with Gasteiger partial charge in [0.15, 0.2) is 0 Å². The number of esters is 1. The smallest absolute Gasteiger partial charge is 0.341 e. The van der Waals surface area contributed by atoms with Crippen LogP contribution in [0.25, 0.3) is 0 Å². The molecule has 1 rings (SSSR count). The van der Waals surface area contributed by atoms with E-state index < -0.39 is 15.7 Å². The summed E-state index contributed by atoms with van der Waals surface area (Å²) in [5, 5.41) is 2.76. The molecule has 1 aromatic rings. The number of aryl methyl sites for hydroxylation is 1. The molecule has 0 saturated carbocycles. The van der Waals surface area contributed by atoms with Gasteiger partial charge < -0.3 is 10.1 Å². The van der Waals surface area contributed by atoms with Gasteiger partial charge in [0.25, 0.3) is 9.70 Å². The molecule has 8 heteroatoms. The van der Waals surface area contributed by atoms with E-state index in [0.717, 1.165) is 10.4 Å². The summed E-state index contributed by atoms with van der Waals surface area (Å²) < 4.78 is 2.86. The molecule has 19 heavy (non-hydrogen) atoms. The minimum Gasteiger partial charge on any atom is -0.462 e. The molecule has 0 aliphatic carbocycles. The minimum atomic E-state index is -2.09. The lowest BCUT2D eigenvalue weighted by molar-refractivity contribution is -0.115. The lowest BCUT2D eigenvalue weighted by atomic mass is 10.1. The highest BCUT2D eigenvalue weighted by Crippen LogP contribution is 2.35. The Morgan fingerprint density at radius 3 is 2.37 bits per heavy atom. The van der Waals surface area contributed by atoms with Crippen LogP contribution in [0.2, 0.25) is 0 Å². The van der Waals surface area contributed by atoms with Gasteiger partial charge in [-0.25, -0.2) is 4.79 Å². The fourth-order valence-electron chi connectivity index (χ4n) is 1.34. The SMILES string of the molecule is CCOC(=O)c1c(NC(=O)C(Cl)(Cl)Cl)sc(C)c1C. The number of rotatable bonds is 3. The lowest BCUT2D eigenvalue weighted by Crippen LogP contribution is -2.27. The Balaban J connectivity index is 3.11. The lowest BCUT2D eigenvalue weighted by Gasteiger charge is -2.11. The molecule has 0 aliphatic heterocycles. The standard InChI is InChI=1S/C11H12Cl3NO3S/c1-4-18-9(16)7-5(2)6(3)19-8(7)15-10(17)11(12,13)14/h4H2,1-3H3,(H,15,17). The van der Waals surface area contributed by atoms with Crippen LogP contribution in [0.3, 0.4) is 0 Å². The van der Waals surface area contributed by atoms with Gasteiger partial charge in [0.2, 0.25) is 0 Å². The van der Waals surface area contributed by atoms with Gasteiger partial charge >= 0.3 is 5.97 Å². The third-order valence-corrected chi connectivity index (χ3v) is 3.99. The van der Waals surface area contributed by atoms with Gasteiger partial charge in [-0.2, -0.15) is 0 Å². The number of hydrogen-bond donors (Lipinski definition) is 1. The summed E-state index contributed by atoms with van der Waals surface area (Å²) in [5.41, 5.74) is 1.04. The van der Waals surface area contributed by atoms with Crippen molar-refractivity contribution in [1.29, 1.82) is 0 Å². The molecule has 4 nitrogen and oxygen atoms in total. The second kappa shape index (κ2) is 6.31. The van der Waals surface area contributed by atoms with Crippen LogP contribution in [0.5, 0.6) is 0 Å². The zero-order valence-electron chi connectivity index (χ0n) is 10.5. The van der Waals surface area contributed by atoms with Crippen LogP contribution in [0.1, 0.15) is 27.7 Å². The van der Waals surface area contributed by atoms with Crippen LogP contribution in [0.15, 0.2) is 0 Å². The van der Waals surface area contributed by atoms with Crippen molar-refractivity contribution in [3.8, 4) is 0 Å². The Morgan fingerprint density at radius 1 is 1.32 bits per heavy atom. The third kappa shape index (κ3) is 3.99. The second-order valence-corrected chi connectivity index (χ2v) is 7.17. The maximum absolute atomic E-state index is 11.9. The predicted molar refractivity (Wildman–Crippen MR) is 78.7 cm³/mol. The Bertz CT molecular complexity index is 508. The van der Waals surface area contributed by atoms with Gasteiger partial charge in [-0.05, 0) is 26.3 Å². The number of ether oxygens (including phenoxy) is 1. The Kier molecular flexibility index (Phi) is 5.50. The molecule has 1 N–H and O–H groups in total. The van der Waals surface area contributed by atoms with Crippen LogP contribution in [0.4, 0.5) is 5.00 Å². The molecule has 0 radical (unpaired) electrons. The number of carbonyl (C=O) groups is 2. The average Bonchev–Trinajstić information content (AvgIpc) is 2.53.